The average molecular weight is 302 g/mol. The number of hydrogen-bond acceptors (Lipinski definition) is 4. The van der Waals surface area contributed by atoms with Crippen LogP contribution in [0.4, 0.5) is 0 Å². The first-order chi connectivity index (χ1) is 10.5. The number of benzene rings is 1. The van der Waals surface area contributed by atoms with Crippen LogP contribution < -0.4 is 5.76 Å². The van der Waals surface area contributed by atoms with Crippen LogP contribution in [0, 0.1) is 5.92 Å². The van der Waals surface area contributed by atoms with E-state index in [1.54, 1.807) is 0 Å². The number of carbonyl (C=O) groups excluding carboxylic acids is 1. The maximum Gasteiger partial charge on any atom is 0.417 e. The lowest BCUT2D eigenvalue weighted by Crippen LogP contribution is -2.28. The van der Waals surface area contributed by atoms with Crippen molar-refractivity contribution in [3.63, 3.8) is 0 Å². The number of oxazole rings is 1. The average Bonchev–Trinajstić information content (AvgIpc) is 2.86. The molecule has 0 saturated heterocycles. The van der Waals surface area contributed by atoms with Crippen LogP contribution in [0.5, 0.6) is 0 Å². The van der Waals surface area contributed by atoms with Gasteiger partial charge >= 0.3 is 11.7 Å². The summed E-state index contributed by atoms with van der Waals surface area (Å²) in [5.41, 5.74) is 1.47. The van der Waals surface area contributed by atoms with Gasteiger partial charge in [-0.1, -0.05) is 6.42 Å². The first kappa shape index (κ1) is 14.2. The van der Waals surface area contributed by atoms with Crippen molar-refractivity contribution in [2.24, 2.45) is 10.9 Å². The Bertz CT molecular complexity index is 830. The quantitative estimate of drug-likeness (QED) is 0.880. The molecule has 1 aromatic carbocycles. The van der Waals surface area contributed by atoms with E-state index in [1.165, 1.54) is 18.2 Å². The molecule has 1 amide bonds. The maximum atomic E-state index is 12.2. The van der Waals surface area contributed by atoms with Gasteiger partial charge in [-0.05, 0) is 37.5 Å². The molecule has 0 radical (unpaired) electrons. The zero-order chi connectivity index (χ0) is 15.7. The SMILES string of the molecule is O=C(N=C1CCCC[C@H]1C(=O)O)c1ccc2oc(=O)[nH]c2c1. The maximum absolute atomic E-state index is 12.2. The van der Waals surface area contributed by atoms with E-state index in [9.17, 15) is 19.5 Å². The topological polar surface area (TPSA) is 113 Å². The molecule has 1 atom stereocenters. The van der Waals surface area contributed by atoms with Gasteiger partial charge in [0.2, 0.25) is 0 Å². The first-order valence-corrected chi connectivity index (χ1v) is 7.02. The van der Waals surface area contributed by atoms with Crippen molar-refractivity contribution in [2.45, 2.75) is 25.7 Å². The number of H-pyrrole nitrogens is 1. The van der Waals surface area contributed by atoms with E-state index in [1.807, 2.05) is 0 Å². The Balaban J connectivity index is 1.92. The number of carbonyl (C=O) groups is 2. The summed E-state index contributed by atoms with van der Waals surface area (Å²) in [4.78, 5) is 41.0. The molecule has 114 valence electrons. The number of amides is 1. The van der Waals surface area contributed by atoms with Crippen LogP contribution in [0.25, 0.3) is 11.1 Å². The summed E-state index contributed by atoms with van der Waals surface area (Å²) in [6, 6.07) is 4.49. The third kappa shape index (κ3) is 2.69. The second kappa shape index (κ2) is 5.59. The predicted octanol–water partition coefficient (Wildman–Crippen LogP) is 1.98. The minimum Gasteiger partial charge on any atom is -0.481 e. The van der Waals surface area contributed by atoms with E-state index >= 15 is 0 Å². The summed E-state index contributed by atoms with van der Waals surface area (Å²) in [6.07, 6.45) is 2.69. The normalized spacial score (nSPS) is 20.4. The highest BCUT2D eigenvalue weighted by Crippen LogP contribution is 2.23. The number of carboxylic acid groups (broad SMARTS) is 1. The largest absolute Gasteiger partial charge is 0.481 e. The summed E-state index contributed by atoms with van der Waals surface area (Å²) in [7, 11) is 0. The van der Waals surface area contributed by atoms with Crippen molar-refractivity contribution in [1.29, 1.82) is 0 Å². The van der Waals surface area contributed by atoms with E-state index in [2.05, 4.69) is 9.98 Å². The molecule has 2 N–H and O–H groups in total. The molecule has 1 fully saturated rings. The van der Waals surface area contributed by atoms with Crippen LogP contribution in [-0.4, -0.2) is 27.7 Å². The summed E-state index contributed by atoms with van der Waals surface area (Å²) in [5, 5.41) is 9.19. The molecule has 0 unspecified atom stereocenters. The smallest absolute Gasteiger partial charge is 0.417 e. The van der Waals surface area contributed by atoms with Gasteiger partial charge < -0.3 is 9.52 Å². The fourth-order valence-electron chi connectivity index (χ4n) is 2.68. The number of aliphatic carboxylic acids is 1. The monoisotopic (exact) mass is 302 g/mol. The minimum atomic E-state index is -0.944. The van der Waals surface area contributed by atoms with Crippen LogP contribution in [0.3, 0.4) is 0 Å². The molecular weight excluding hydrogens is 288 g/mol. The van der Waals surface area contributed by atoms with Crippen LogP contribution >= 0.6 is 0 Å². The van der Waals surface area contributed by atoms with Gasteiger partial charge in [-0.2, -0.15) is 0 Å². The highest BCUT2D eigenvalue weighted by atomic mass is 16.4. The molecule has 22 heavy (non-hydrogen) atoms. The summed E-state index contributed by atoms with van der Waals surface area (Å²) >= 11 is 0. The molecule has 0 spiro atoms. The molecule has 0 bridgehead atoms. The van der Waals surface area contributed by atoms with Crippen molar-refractivity contribution >= 4 is 28.7 Å². The standard InChI is InChI=1S/C15H14N2O5/c18-13(16-10-4-2-1-3-9(10)14(19)20)8-5-6-12-11(7-8)17-15(21)22-12/h5-7,9H,1-4H2,(H,17,21)(H,19,20)/t9-/m1/s1. The van der Waals surface area contributed by atoms with Crippen molar-refractivity contribution in [3.05, 3.63) is 34.3 Å². The lowest BCUT2D eigenvalue weighted by molar-refractivity contribution is -0.139. The minimum absolute atomic E-state index is 0.284. The second-order valence-electron chi connectivity index (χ2n) is 5.27. The van der Waals surface area contributed by atoms with E-state index in [-0.39, 0.29) is 5.56 Å². The highest BCUT2D eigenvalue weighted by molar-refractivity contribution is 6.10. The molecule has 0 aliphatic heterocycles. The number of hydrogen-bond donors (Lipinski definition) is 2. The molecule has 7 heteroatoms. The molecule has 7 nitrogen and oxygen atoms in total. The number of aromatic nitrogens is 1. The van der Waals surface area contributed by atoms with Crippen molar-refractivity contribution < 1.29 is 19.1 Å². The van der Waals surface area contributed by atoms with Crippen molar-refractivity contribution in [3.8, 4) is 0 Å². The van der Waals surface area contributed by atoms with E-state index in [4.69, 9.17) is 4.42 Å². The Hall–Kier alpha value is -2.70. The molecule has 1 aromatic heterocycles. The van der Waals surface area contributed by atoms with Gasteiger partial charge in [-0.15, -0.1) is 0 Å². The Morgan fingerprint density at radius 2 is 2.14 bits per heavy atom. The molecule has 3 rings (SSSR count). The third-order valence-corrected chi connectivity index (χ3v) is 3.79. The Morgan fingerprint density at radius 3 is 2.91 bits per heavy atom. The van der Waals surface area contributed by atoms with E-state index in [0.29, 0.717) is 29.7 Å². The predicted molar refractivity (Wildman–Crippen MR) is 78.2 cm³/mol. The van der Waals surface area contributed by atoms with Gasteiger partial charge in [0.25, 0.3) is 5.91 Å². The summed E-state index contributed by atoms with van der Waals surface area (Å²) in [6.45, 7) is 0. The number of carboxylic acids is 1. The van der Waals surface area contributed by atoms with Gasteiger partial charge in [0.1, 0.15) is 0 Å². The van der Waals surface area contributed by atoms with E-state index < -0.39 is 23.6 Å². The first-order valence-electron chi connectivity index (χ1n) is 7.02. The van der Waals surface area contributed by atoms with Crippen LogP contribution in [-0.2, 0) is 4.79 Å². The number of fused-ring (bicyclic) bond motifs is 1. The molecule has 1 aliphatic rings. The Labute approximate surface area is 124 Å². The zero-order valence-electron chi connectivity index (χ0n) is 11.7. The lowest BCUT2D eigenvalue weighted by atomic mass is 9.87. The third-order valence-electron chi connectivity index (χ3n) is 3.79. The van der Waals surface area contributed by atoms with Gasteiger partial charge in [0.05, 0.1) is 11.4 Å². The number of aromatic amines is 1. The van der Waals surface area contributed by atoms with Crippen molar-refractivity contribution in [1.82, 2.24) is 4.98 Å². The van der Waals surface area contributed by atoms with Gasteiger partial charge in [0.15, 0.2) is 5.58 Å². The Kier molecular flexibility index (Phi) is 3.62. The fraction of sp³-hybridized carbons (Fsp3) is 0.333. The molecule has 2 aromatic rings. The highest BCUT2D eigenvalue weighted by Gasteiger charge is 2.27. The molecule has 1 heterocycles. The van der Waals surface area contributed by atoms with Gasteiger partial charge in [-0.25, -0.2) is 9.79 Å². The Morgan fingerprint density at radius 1 is 1.32 bits per heavy atom. The fourth-order valence-corrected chi connectivity index (χ4v) is 2.68. The van der Waals surface area contributed by atoms with Crippen LogP contribution in [0.1, 0.15) is 36.0 Å². The number of aliphatic imine (C=N–C) groups is 1. The van der Waals surface area contributed by atoms with Gasteiger partial charge in [0, 0.05) is 11.3 Å². The molecular formula is C15H14N2O5. The number of nitrogens with zero attached hydrogens (tertiary/aromatic N) is 1. The molecule has 1 aliphatic carbocycles. The van der Waals surface area contributed by atoms with Crippen LogP contribution in [0.15, 0.2) is 32.4 Å². The van der Waals surface area contributed by atoms with Gasteiger partial charge in [-0.3, -0.25) is 14.6 Å². The number of nitrogens with one attached hydrogen (secondary N) is 1. The lowest BCUT2D eigenvalue weighted by Gasteiger charge is -2.19. The number of rotatable bonds is 2. The summed E-state index contributed by atoms with van der Waals surface area (Å²) < 4.78 is 4.87. The summed E-state index contributed by atoms with van der Waals surface area (Å²) in [5.74, 6) is -2.73. The van der Waals surface area contributed by atoms with Crippen molar-refractivity contribution in [2.75, 3.05) is 0 Å². The second-order valence-corrected chi connectivity index (χ2v) is 5.27. The van der Waals surface area contributed by atoms with E-state index in [0.717, 1.165) is 12.8 Å². The molecule has 1 saturated carbocycles. The van der Waals surface area contributed by atoms with Crippen LogP contribution in [0.2, 0.25) is 0 Å². The zero-order valence-corrected chi connectivity index (χ0v) is 11.7.